The van der Waals surface area contributed by atoms with Gasteiger partial charge in [0.05, 0.1) is 5.69 Å². The predicted molar refractivity (Wildman–Crippen MR) is 88.6 cm³/mol. The summed E-state index contributed by atoms with van der Waals surface area (Å²) >= 11 is 1.80. The summed E-state index contributed by atoms with van der Waals surface area (Å²) in [5.41, 5.74) is 7.18. The Morgan fingerprint density at radius 3 is 2.40 bits per heavy atom. The van der Waals surface area contributed by atoms with E-state index >= 15 is 0 Å². The Morgan fingerprint density at radius 2 is 1.95 bits per heavy atom. The molecule has 114 valence electrons. The SMILES string of the molecule is CCCC1CCN(c2nc(C(C)(C)C)c(CN)s2)CC1. The molecule has 0 amide bonds. The summed E-state index contributed by atoms with van der Waals surface area (Å²) < 4.78 is 0. The van der Waals surface area contributed by atoms with Crippen molar-refractivity contribution in [3.63, 3.8) is 0 Å². The Hall–Kier alpha value is -0.610. The number of aromatic nitrogens is 1. The fourth-order valence-corrected chi connectivity index (χ4v) is 4.22. The van der Waals surface area contributed by atoms with Crippen LogP contribution in [0.5, 0.6) is 0 Å². The summed E-state index contributed by atoms with van der Waals surface area (Å²) in [5.74, 6) is 0.923. The molecule has 2 N–H and O–H groups in total. The molecule has 0 aromatic carbocycles. The van der Waals surface area contributed by atoms with Crippen LogP contribution in [0.15, 0.2) is 0 Å². The van der Waals surface area contributed by atoms with Gasteiger partial charge in [-0.1, -0.05) is 40.5 Å². The van der Waals surface area contributed by atoms with Gasteiger partial charge in [-0.15, -0.1) is 11.3 Å². The lowest BCUT2D eigenvalue weighted by Gasteiger charge is -2.31. The number of thiazole rings is 1. The van der Waals surface area contributed by atoms with Crippen LogP contribution >= 0.6 is 11.3 Å². The van der Waals surface area contributed by atoms with Crippen molar-refractivity contribution in [3.8, 4) is 0 Å². The first-order valence-electron chi connectivity index (χ1n) is 7.91. The standard InChI is InChI=1S/C16H29N3S/c1-5-6-12-7-9-19(10-8-12)15-18-14(16(2,3)4)13(11-17)20-15/h12H,5-11,17H2,1-4H3. The van der Waals surface area contributed by atoms with Crippen molar-refractivity contribution in [2.75, 3.05) is 18.0 Å². The van der Waals surface area contributed by atoms with Crippen LogP contribution in [0, 0.1) is 5.92 Å². The third kappa shape index (κ3) is 3.53. The Labute approximate surface area is 127 Å². The van der Waals surface area contributed by atoms with Gasteiger partial charge in [0.2, 0.25) is 0 Å². The largest absolute Gasteiger partial charge is 0.348 e. The van der Waals surface area contributed by atoms with Crippen LogP contribution in [0.25, 0.3) is 0 Å². The van der Waals surface area contributed by atoms with Crippen LogP contribution in [0.4, 0.5) is 5.13 Å². The second-order valence-corrected chi connectivity index (χ2v) is 8.00. The van der Waals surface area contributed by atoms with Gasteiger partial charge in [-0.2, -0.15) is 0 Å². The number of hydrogen-bond acceptors (Lipinski definition) is 4. The van der Waals surface area contributed by atoms with E-state index in [0.29, 0.717) is 6.54 Å². The van der Waals surface area contributed by atoms with Gasteiger partial charge in [-0.3, -0.25) is 0 Å². The van der Waals surface area contributed by atoms with Gasteiger partial charge in [0.15, 0.2) is 5.13 Å². The maximum atomic E-state index is 5.90. The zero-order valence-electron chi connectivity index (χ0n) is 13.4. The van der Waals surface area contributed by atoms with Crippen LogP contribution in [-0.2, 0) is 12.0 Å². The third-order valence-electron chi connectivity index (χ3n) is 4.16. The molecule has 1 aliphatic heterocycles. The number of nitrogens with two attached hydrogens (primary N) is 1. The van der Waals surface area contributed by atoms with E-state index in [-0.39, 0.29) is 5.41 Å². The van der Waals surface area contributed by atoms with E-state index < -0.39 is 0 Å². The van der Waals surface area contributed by atoms with E-state index in [4.69, 9.17) is 10.7 Å². The van der Waals surface area contributed by atoms with Crippen LogP contribution < -0.4 is 10.6 Å². The predicted octanol–water partition coefficient (Wildman–Crippen LogP) is 3.92. The van der Waals surface area contributed by atoms with Gasteiger partial charge >= 0.3 is 0 Å². The molecule has 2 heterocycles. The van der Waals surface area contributed by atoms with Crippen molar-refractivity contribution in [2.24, 2.45) is 11.7 Å². The quantitative estimate of drug-likeness (QED) is 0.915. The van der Waals surface area contributed by atoms with E-state index in [9.17, 15) is 0 Å². The molecule has 4 heteroatoms. The highest BCUT2D eigenvalue weighted by Gasteiger charge is 2.26. The molecule has 0 unspecified atom stereocenters. The van der Waals surface area contributed by atoms with E-state index in [1.165, 1.54) is 41.4 Å². The minimum Gasteiger partial charge on any atom is -0.348 e. The monoisotopic (exact) mass is 295 g/mol. The maximum absolute atomic E-state index is 5.90. The molecule has 0 radical (unpaired) electrons. The van der Waals surface area contributed by atoms with Crippen molar-refractivity contribution in [2.45, 2.75) is 65.3 Å². The van der Waals surface area contributed by atoms with Crippen LogP contribution in [0.3, 0.4) is 0 Å². The zero-order chi connectivity index (χ0) is 14.8. The molecule has 3 nitrogen and oxygen atoms in total. The molecule has 1 fully saturated rings. The lowest BCUT2D eigenvalue weighted by molar-refractivity contribution is 0.378. The smallest absolute Gasteiger partial charge is 0.185 e. The highest BCUT2D eigenvalue weighted by Crippen LogP contribution is 2.35. The van der Waals surface area contributed by atoms with E-state index in [1.54, 1.807) is 11.3 Å². The molecule has 20 heavy (non-hydrogen) atoms. The Bertz CT molecular complexity index is 425. The van der Waals surface area contributed by atoms with Crippen molar-refractivity contribution in [1.29, 1.82) is 0 Å². The number of hydrogen-bond donors (Lipinski definition) is 1. The molecule has 1 aromatic heterocycles. The maximum Gasteiger partial charge on any atom is 0.185 e. The van der Waals surface area contributed by atoms with Gasteiger partial charge in [0, 0.05) is 29.9 Å². The third-order valence-corrected chi connectivity index (χ3v) is 5.30. The minimum atomic E-state index is 0.0873. The molecule has 0 atom stereocenters. The number of piperidine rings is 1. The van der Waals surface area contributed by atoms with Crippen molar-refractivity contribution in [1.82, 2.24) is 4.98 Å². The molecule has 1 saturated heterocycles. The number of nitrogens with zero attached hydrogens (tertiary/aromatic N) is 2. The second kappa shape index (κ2) is 6.44. The molecule has 1 aliphatic rings. The second-order valence-electron chi connectivity index (χ2n) is 6.94. The van der Waals surface area contributed by atoms with Gasteiger partial charge in [0.25, 0.3) is 0 Å². The first-order chi connectivity index (χ1) is 9.45. The van der Waals surface area contributed by atoms with Crippen LogP contribution in [-0.4, -0.2) is 18.1 Å². The lowest BCUT2D eigenvalue weighted by atomic mass is 9.91. The number of anilines is 1. The molecule has 0 aliphatic carbocycles. The zero-order valence-corrected chi connectivity index (χ0v) is 14.2. The highest BCUT2D eigenvalue weighted by molar-refractivity contribution is 7.15. The van der Waals surface area contributed by atoms with Gasteiger partial charge < -0.3 is 10.6 Å². The van der Waals surface area contributed by atoms with Gasteiger partial charge in [0.1, 0.15) is 0 Å². The van der Waals surface area contributed by atoms with Crippen LogP contribution in [0.1, 0.15) is 63.9 Å². The summed E-state index contributed by atoms with van der Waals surface area (Å²) in [6.45, 7) is 11.9. The minimum absolute atomic E-state index is 0.0873. The fraction of sp³-hybridized carbons (Fsp3) is 0.812. The summed E-state index contributed by atoms with van der Waals surface area (Å²) in [7, 11) is 0. The Kier molecular flexibility index (Phi) is 5.08. The number of rotatable bonds is 4. The summed E-state index contributed by atoms with van der Waals surface area (Å²) in [4.78, 5) is 8.63. The first-order valence-corrected chi connectivity index (χ1v) is 8.72. The van der Waals surface area contributed by atoms with Crippen molar-refractivity contribution < 1.29 is 0 Å². The van der Waals surface area contributed by atoms with Crippen LogP contribution in [0.2, 0.25) is 0 Å². The normalized spacial score (nSPS) is 17.8. The highest BCUT2D eigenvalue weighted by atomic mass is 32.1. The molecular formula is C16H29N3S. The van der Waals surface area contributed by atoms with E-state index in [1.807, 2.05) is 0 Å². The lowest BCUT2D eigenvalue weighted by Crippen LogP contribution is -2.33. The first kappa shape index (κ1) is 15.8. The fourth-order valence-electron chi connectivity index (χ4n) is 3.02. The molecule has 0 saturated carbocycles. The Balaban J connectivity index is 2.09. The summed E-state index contributed by atoms with van der Waals surface area (Å²) in [6, 6.07) is 0. The van der Waals surface area contributed by atoms with Crippen molar-refractivity contribution >= 4 is 16.5 Å². The molecular weight excluding hydrogens is 266 g/mol. The average molecular weight is 295 g/mol. The Morgan fingerprint density at radius 1 is 1.30 bits per heavy atom. The van der Waals surface area contributed by atoms with E-state index in [0.717, 1.165) is 19.0 Å². The summed E-state index contributed by atoms with van der Waals surface area (Å²) in [5, 5.41) is 1.19. The molecule has 2 rings (SSSR count). The van der Waals surface area contributed by atoms with E-state index in [2.05, 4.69) is 32.6 Å². The average Bonchev–Trinajstić information content (AvgIpc) is 2.84. The van der Waals surface area contributed by atoms with Crippen molar-refractivity contribution in [3.05, 3.63) is 10.6 Å². The topological polar surface area (TPSA) is 42.2 Å². The van der Waals surface area contributed by atoms with Gasteiger partial charge in [-0.25, -0.2) is 4.98 Å². The van der Waals surface area contributed by atoms with Gasteiger partial charge in [-0.05, 0) is 18.8 Å². The molecule has 1 aromatic rings. The molecule has 0 bridgehead atoms. The summed E-state index contributed by atoms with van der Waals surface area (Å²) in [6.07, 6.45) is 5.33. The molecule has 0 spiro atoms.